The first-order valence-electron chi connectivity index (χ1n) is 14.2. The lowest BCUT2D eigenvalue weighted by atomic mass is 9.98. The summed E-state index contributed by atoms with van der Waals surface area (Å²) < 4.78 is 0. The minimum absolute atomic E-state index is 0.586. The summed E-state index contributed by atoms with van der Waals surface area (Å²) in [5.74, 6) is 1.83. The normalized spacial score (nSPS) is 10.9. The van der Waals surface area contributed by atoms with Crippen molar-refractivity contribution in [3.8, 4) is 67.9 Å². The maximum Gasteiger partial charge on any atom is 0.164 e. The van der Waals surface area contributed by atoms with Crippen molar-refractivity contribution in [2.75, 3.05) is 0 Å². The van der Waals surface area contributed by atoms with Crippen LogP contribution < -0.4 is 0 Å². The van der Waals surface area contributed by atoms with E-state index in [0.29, 0.717) is 17.5 Å². The van der Waals surface area contributed by atoms with Gasteiger partial charge in [-0.05, 0) is 55.0 Å². The fourth-order valence-electron chi connectivity index (χ4n) is 5.10. The van der Waals surface area contributed by atoms with Crippen LogP contribution >= 0.6 is 0 Å². The Balaban J connectivity index is 1.45. The van der Waals surface area contributed by atoms with E-state index in [1.54, 1.807) is 0 Å². The highest BCUT2D eigenvalue weighted by Gasteiger charge is 2.16. The molecule has 3 aromatic heterocycles. The van der Waals surface area contributed by atoms with E-state index < -0.39 is 0 Å². The zero-order valence-corrected chi connectivity index (χ0v) is 23.6. The standard InChI is InChI=1S/C38H27N5/c1-26-21-34(27-13-5-2-6-14-27)40-35(22-26)31-23-30(33-19-11-12-20-39-33)24-32(25-31)38-42-36(28-15-7-3-8-16-28)41-37(43-38)29-17-9-4-10-18-29/h2-25H,1H3. The van der Waals surface area contributed by atoms with Gasteiger partial charge in [0.15, 0.2) is 17.5 Å². The maximum absolute atomic E-state index is 5.10. The molecule has 0 aliphatic rings. The van der Waals surface area contributed by atoms with Gasteiger partial charge in [-0.3, -0.25) is 4.98 Å². The number of pyridine rings is 2. The molecule has 0 fully saturated rings. The first-order chi connectivity index (χ1) is 21.2. The lowest BCUT2D eigenvalue weighted by Gasteiger charge is -2.13. The fourth-order valence-corrected chi connectivity index (χ4v) is 5.10. The second-order valence-corrected chi connectivity index (χ2v) is 10.3. The quantitative estimate of drug-likeness (QED) is 0.206. The summed E-state index contributed by atoms with van der Waals surface area (Å²) in [4.78, 5) is 24.6. The largest absolute Gasteiger partial charge is 0.256 e. The molecule has 7 rings (SSSR count). The molecule has 5 nitrogen and oxygen atoms in total. The number of aryl methyl sites for hydroxylation is 1. The van der Waals surface area contributed by atoms with Gasteiger partial charge in [0, 0.05) is 39.6 Å². The van der Waals surface area contributed by atoms with E-state index >= 15 is 0 Å². The van der Waals surface area contributed by atoms with Crippen molar-refractivity contribution in [2.24, 2.45) is 0 Å². The van der Waals surface area contributed by atoms with Gasteiger partial charge >= 0.3 is 0 Å². The molecule has 0 amide bonds. The number of rotatable bonds is 6. The predicted molar refractivity (Wildman–Crippen MR) is 173 cm³/mol. The van der Waals surface area contributed by atoms with Crippen molar-refractivity contribution >= 4 is 0 Å². The second-order valence-electron chi connectivity index (χ2n) is 10.3. The van der Waals surface area contributed by atoms with Crippen LogP contribution in [-0.2, 0) is 0 Å². The zero-order chi connectivity index (χ0) is 29.0. The molecule has 204 valence electrons. The molecule has 0 unspecified atom stereocenters. The lowest BCUT2D eigenvalue weighted by Crippen LogP contribution is -2.01. The summed E-state index contributed by atoms with van der Waals surface area (Å²) in [5, 5.41) is 0. The van der Waals surface area contributed by atoms with E-state index in [2.05, 4.69) is 54.4 Å². The van der Waals surface area contributed by atoms with Crippen molar-refractivity contribution in [2.45, 2.75) is 6.92 Å². The molecule has 3 heterocycles. The monoisotopic (exact) mass is 553 g/mol. The Morgan fingerprint density at radius 2 is 0.791 bits per heavy atom. The van der Waals surface area contributed by atoms with E-state index in [9.17, 15) is 0 Å². The van der Waals surface area contributed by atoms with Gasteiger partial charge in [0.25, 0.3) is 0 Å². The summed E-state index contributed by atoms with van der Waals surface area (Å²) >= 11 is 0. The molecular formula is C38H27N5. The van der Waals surface area contributed by atoms with Crippen LogP contribution in [0.1, 0.15) is 5.56 Å². The van der Waals surface area contributed by atoms with E-state index in [-0.39, 0.29) is 0 Å². The van der Waals surface area contributed by atoms with Crippen LogP contribution in [0.25, 0.3) is 67.9 Å². The molecular weight excluding hydrogens is 526 g/mol. The third-order valence-electron chi connectivity index (χ3n) is 7.19. The highest BCUT2D eigenvalue weighted by molar-refractivity contribution is 5.79. The molecule has 4 aromatic carbocycles. The van der Waals surface area contributed by atoms with Crippen LogP contribution in [0.15, 0.2) is 146 Å². The summed E-state index contributed by atoms with van der Waals surface area (Å²) in [7, 11) is 0. The number of hydrogen-bond acceptors (Lipinski definition) is 5. The number of benzene rings is 4. The molecule has 0 N–H and O–H groups in total. The molecule has 7 aromatic rings. The Kier molecular flexibility index (Phi) is 7.04. The fraction of sp³-hybridized carbons (Fsp3) is 0.0263. The third-order valence-corrected chi connectivity index (χ3v) is 7.19. The molecule has 0 saturated carbocycles. The van der Waals surface area contributed by atoms with E-state index in [1.165, 1.54) is 0 Å². The topological polar surface area (TPSA) is 64.5 Å². The van der Waals surface area contributed by atoms with E-state index in [1.807, 2.05) is 103 Å². The van der Waals surface area contributed by atoms with Crippen LogP contribution in [0.3, 0.4) is 0 Å². The Morgan fingerprint density at radius 1 is 0.349 bits per heavy atom. The minimum atomic E-state index is 0.586. The van der Waals surface area contributed by atoms with Crippen LogP contribution in [0.5, 0.6) is 0 Å². The molecule has 0 aliphatic heterocycles. The van der Waals surface area contributed by atoms with Gasteiger partial charge in [-0.2, -0.15) is 0 Å². The van der Waals surface area contributed by atoms with Crippen LogP contribution in [0.4, 0.5) is 0 Å². The summed E-state index contributed by atoms with van der Waals surface area (Å²) in [6, 6.07) is 46.8. The number of nitrogens with zero attached hydrogens (tertiary/aromatic N) is 5. The summed E-state index contributed by atoms with van der Waals surface area (Å²) in [5.41, 5.74) is 9.51. The molecule has 0 spiro atoms. The Labute approximate surface area is 250 Å². The Hall–Kier alpha value is -5.81. The van der Waals surface area contributed by atoms with Crippen molar-refractivity contribution in [3.63, 3.8) is 0 Å². The van der Waals surface area contributed by atoms with Crippen molar-refractivity contribution < 1.29 is 0 Å². The average molecular weight is 554 g/mol. The third kappa shape index (κ3) is 5.69. The second kappa shape index (κ2) is 11.6. The van der Waals surface area contributed by atoms with Gasteiger partial charge in [-0.25, -0.2) is 19.9 Å². The predicted octanol–water partition coefficient (Wildman–Crippen LogP) is 8.97. The maximum atomic E-state index is 5.10. The van der Waals surface area contributed by atoms with Gasteiger partial charge in [0.1, 0.15) is 0 Å². The molecule has 0 saturated heterocycles. The van der Waals surface area contributed by atoms with E-state index in [0.717, 1.165) is 56.0 Å². The highest BCUT2D eigenvalue weighted by Crippen LogP contribution is 2.33. The highest BCUT2D eigenvalue weighted by atomic mass is 15.0. The van der Waals surface area contributed by atoms with Crippen molar-refractivity contribution in [1.82, 2.24) is 24.9 Å². The molecule has 5 heteroatoms. The van der Waals surface area contributed by atoms with Gasteiger partial charge in [0.2, 0.25) is 0 Å². The summed E-state index contributed by atoms with van der Waals surface area (Å²) in [6.45, 7) is 2.10. The molecule has 0 aliphatic carbocycles. The molecule has 0 atom stereocenters. The first kappa shape index (κ1) is 26.1. The molecule has 0 bridgehead atoms. The van der Waals surface area contributed by atoms with Crippen LogP contribution in [-0.4, -0.2) is 24.9 Å². The average Bonchev–Trinajstić information content (AvgIpc) is 3.09. The van der Waals surface area contributed by atoms with Gasteiger partial charge in [0.05, 0.1) is 17.1 Å². The SMILES string of the molecule is Cc1cc(-c2ccccc2)nc(-c2cc(-c3ccccn3)cc(-c3nc(-c4ccccc4)nc(-c4ccccc4)n3)c2)c1. The number of aromatic nitrogens is 5. The van der Waals surface area contributed by atoms with Crippen molar-refractivity contribution in [3.05, 3.63) is 151 Å². The Bertz CT molecular complexity index is 1950. The van der Waals surface area contributed by atoms with Crippen LogP contribution in [0.2, 0.25) is 0 Å². The van der Waals surface area contributed by atoms with Gasteiger partial charge in [-0.15, -0.1) is 0 Å². The Morgan fingerprint density at radius 3 is 1.33 bits per heavy atom. The zero-order valence-electron chi connectivity index (χ0n) is 23.6. The molecule has 43 heavy (non-hydrogen) atoms. The van der Waals surface area contributed by atoms with Gasteiger partial charge in [-0.1, -0.05) is 97.1 Å². The minimum Gasteiger partial charge on any atom is -0.256 e. The smallest absolute Gasteiger partial charge is 0.164 e. The first-order valence-corrected chi connectivity index (χ1v) is 14.2. The van der Waals surface area contributed by atoms with Gasteiger partial charge < -0.3 is 0 Å². The number of hydrogen-bond donors (Lipinski definition) is 0. The molecule has 0 radical (unpaired) electrons. The lowest BCUT2D eigenvalue weighted by molar-refractivity contribution is 1.07. The van der Waals surface area contributed by atoms with E-state index in [4.69, 9.17) is 19.9 Å². The van der Waals surface area contributed by atoms with Crippen molar-refractivity contribution in [1.29, 1.82) is 0 Å². The summed E-state index contributed by atoms with van der Waals surface area (Å²) in [6.07, 6.45) is 1.81. The van der Waals surface area contributed by atoms with Crippen LogP contribution in [0, 0.1) is 6.92 Å².